The molecule has 14 nitrogen and oxygen atoms in total. The highest BCUT2D eigenvalue weighted by Crippen LogP contribution is 2.66. The molecule has 2 fully saturated rings. The summed E-state index contributed by atoms with van der Waals surface area (Å²) in [5.41, 5.74) is 1.40. The van der Waals surface area contributed by atoms with E-state index in [1.165, 1.54) is 19.2 Å². The van der Waals surface area contributed by atoms with E-state index in [2.05, 4.69) is 22.5 Å². The minimum absolute atomic E-state index is 0.0739. The zero-order chi connectivity index (χ0) is 50.0. The van der Waals surface area contributed by atoms with Gasteiger partial charge in [-0.3, -0.25) is 19.3 Å². The fourth-order valence-corrected chi connectivity index (χ4v) is 10.4. The summed E-state index contributed by atoms with van der Waals surface area (Å²) in [7, 11) is 2.76. The minimum atomic E-state index is -2.18. The maximum Gasteiger partial charge on any atom is 0.329 e. The number of urea groups is 1. The van der Waals surface area contributed by atoms with Crippen LogP contribution in [0.3, 0.4) is 0 Å². The number of ether oxygens (including phenoxy) is 3. The molecule has 0 saturated carbocycles. The lowest BCUT2D eigenvalue weighted by Crippen LogP contribution is -2.58. The van der Waals surface area contributed by atoms with Gasteiger partial charge in [-0.1, -0.05) is 129 Å². The number of anilines is 1. The largest absolute Gasteiger partial charge is 0.508 e. The Morgan fingerprint density at radius 1 is 0.746 bits per heavy atom. The van der Waals surface area contributed by atoms with Crippen molar-refractivity contribution in [3.63, 3.8) is 0 Å². The van der Waals surface area contributed by atoms with Crippen molar-refractivity contribution in [2.45, 2.75) is 55.6 Å². The lowest BCUT2D eigenvalue weighted by Gasteiger charge is -2.46. The number of carbonyl (C=O) groups excluding carboxylic acids is 5. The molecule has 4 amide bonds. The first-order valence-electron chi connectivity index (χ1n) is 23.3. The first-order valence-corrected chi connectivity index (χ1v) is 23.3. The maximum absolute atomic E-state index is 16.6. The van der Waals surface area contributed by atoms with Crippen molar-refractivity contribution >= 4 is 35.5 Å². The molecule has 0 aliphatic carbocycles. The number of fused-ring (bicyclic) bond motifs is 3. The number of benzene rings is 6. The summed E-state index contributed by atoms with van der Waals surface area (Å²) < 4.78 is 17.0. The summed E-state index contributed by atoms with van der Waals surface area (Å²) in [5.74, 6) is 1.55. The van der Waals surface area contributed by atoms with Crippen LogP contribution in [0.4, 0.5) is 10.5 Å². The number of aliphatic hydroxyl groups is 1. The third kappa shape index (κ3) is 8.75. The quantitative estimate of drug-likeness (QED) is 0.0760. The predicted molar refractivity (Wildman–Crippen MR) is 263 cm³/mol. The summed E-state index contributed by atoms with van der Waals surface area (Å²) in [5, 5.41) is 27.9. The number of esters is 2. The second kappa shape index (κ2) is 20.0. The SMILES string of the molecule is COC(=O)[C@@H](NC(=O)N1C(=O)[C@@]2(c3cc(C#Cc4ccc(OC)cc4)ccc31)[C@H](c1ccc(O)cc1)N1[C@H](c3ccccc3)[C@H](c3ccccc3)OC(=O)[C@H]1[C@@H]2C(=O)NC[C@H](O)c1ccccc1)C(C)C. The number of morpholine rings is 1. The number of hydrogen-bond acceptors (Lipinski definition) is 11. The monoisotopic (exact) mass is 952 g/mol. The fourth-order valence-electron chi connectivity index (χ4n) is 10.4. The normalized spacial score (nSPS) is 22.1. The second-order valence-electron chi connectivity index (χ2n) is 18.1. The second-order valence-corrected chi connectivity index (χ2v) is 18.1. The van der Waals surface area contributed by atoms with Gasteiger partial charge in [-0.25, -0.2) is 14.5 Å². The molecule has 3 heterocycles. The summed E-state index contributed by atoms with van der Waals surface area (Å²) in [4.78, 5) is 78.8. The van der Waals surface area contributed by atoms with Gasteiger partial charge in [0.1, 0.15) is 35.1 Å². The predicted octanol–water partition coefficient (Wildman–Crippen LogP) is 7.22. The molecule has 3 aliphatic rings. The van der Waals surface area contributed by atoms with E-state index in [0.717, 1.165) is 4.90 Å². The molecule has 14 heteroatoms. The Labute approximate surface area is 411 Å². The van der Waals surface area contributed by atoms with Crippen LogP contribution in [0.2, 0.25) is 0 Å². The van der Waals surface area contributed by atoms with E-state index in [1.807, 2.05) is 65.6 Å². The number of nitrogens with zero attached hydrogens (tertiary/aromatic N) is 2. The molecular weight excluding hydrogens is 901 g/mol. The maximum atomic E-state index is 16.6. The summed E-state index contributed by atoms with van der Waals surface area (Å²) in [6, 6.07) is 39.6. The van der Waals surface area contributed by atoms with Gasteiger partial charge in [0.2, 0.25) is 11.8 Å². The van der Waals surface area contributed by atoms with Gasteiger partial charge in [-0.2, -0.15) is 0 Å². The molecule has 0 bridgehead atoms. The Morgan fingerprint density at radius 3 is 1.97 bits per heavy atom. The van der Waals surface area contributed by atoms with Crippen molar-refractivity contribution in [1.29, 1.82) is 0 Å². The van der Waals surface area contributed by atoms with Crippen LogP contribution in [0.15, 0.2) is 158 Å². The number of methoxy groups -OCH3 is 2. The van der Waals surface area contributed by atoms with Crippen LogP contribution >= 0.6 is 0 Å². The highest BCUT2D eigenvalue weighted by Gasteiger charge is 2.75. The van der Waals surface area contributed by atoms with Crippen LogP contribution in [0.1, 0.15) is 77.1 Å². The van der Waals surface area contributed by atoms with E-state index in [9.17, 15) is 15.0 Å². The number of cyclic esters (lactones) is 1. The van der Waals surface area contributed by atoms with E-state index in [-0.39, 0.29) is 23.5 Å². The van der Waals surface area contributed by atoms with Crippen LogP contribution in [0.5, 0.6) is 11.5 Å². The molecule has 9 rings (SSSR count). The van der Waals surface area contributed by atoms with Crippen molar-refractivity contribution in [3.8, 4) is 23.3 Å². The topological polar surface area (TPSA) is 184 Å². The lowest BCUT2D eigenvalue weighted by molar-refractivity contribution is -0.178. The minimum Gasteiger partial charge on any atom is -0.508 e. The van der Waals surface area contributed by atoms with Crippen molar-refractivity contribution in [3.05, 3.63) is 197 Å². The number of rotatable bonds is 11. The smallest absolute Gasteiger partial charge is 0.329 e. The molecule has 4 N–H and O–H groups in total. The average Bonchev–Trinajstić information content (AvgIpc) is 3.85. The molecule has 3 aliphatic heterocycles. The van der Waals surface area contributed by atoms with Gasteiger partial charge in [-0.15, -0.1) is 0 Å². The van der Waals surface area contributed by atoms with E-state index in [0.29, 0.717) is 39.1 Å². The molecule has 71 heavy (non-hydrogen) atoms. The zero-order valence-electron chi connectivity index (χ0n) is 39.4. The zero-order valence-corrected chi connectivity index (χ0v) is 39.4. The first kappa shape index (κ1) is 47.8. The van der Waals surface area contributed by atoms with E-state index < -0.39 is 83.4 Å². The van der Waals surface area contributed by atoms with Crippen LogP contribution in [-0.4, -0.2) is 77.7 Å². The summed E-state index contributed by atoms with van der Waals surface area (Å²) in [6.45, 7) is 3.12. The third-order valence-corrected chi connectivity index (χ3v) is 13.6. The van der Waals surface area contributed by atoms with Crippen LogP contribution < -0.4 is 20.3 Å². The highest BCUT2D eigenvalue weighted by molar-refractivity contribution is 6.25. The molecule has 6 aromatic rings. The number of carbonyl (C=O) groups is 5. The Morgan fingerprint density at radius 2 is 1.35 bits per heavy atom. The van der Waals surface area contributed by atoms with Crippen molar-refractivity contribution < 1.29 is 48.4 Å². The molecule has 0 radical (unpaired) electrons. The number of imide groups is 1. The Balaban J connectivity index is 1.33. The van der Waals surface area contributed by atoms with Crippen LogP contribution in [0, 0.1) is 23.7 Å². The number of hydrogen-bond donors (Lipinski definition) is 4. The van der Waals surface area contributed by atoms with Crippen molar-refractivity contribution in [2.24, 2.45) is 11.8 Å². The standard InChI is InChI=1S/C57H52N4O10/c1-34(2)47(53(65)70-4)59-56(68)60-44-31-24-36(21-20-35-22-29-42(69-3)30-23-35)32-43(44)57(55(60)67)46(52(64)58-33-45(63)37-14-8-5-9-15-37)49-54(66)71-50(39-18-12-7-13-19-39)48(38-16-10-6-11-17-38)61(49)51(57)40-25-27-41(62)28-26-40/h5-19,22-32,34,45-51,62-63H,33H2,1-4H3,(H,58,64)(H,59,68)/t45-,46+,47-,48+,49+,50-,51-,57+/m0/s1. The lowest BCUT2D eigenvalue weighted by atomic mass is 9.65. The van der Waals surface area contributed by atoms with Gasteiger partial charge < -0.3 is 35.1 Å². The number of aliphatic hydroxyl groups excluding tert-OH is 1. The molecular formula is C57H52N4O10. The first-order chi connectivity index (χ1) is 34.4. The Bertz CT molecular complexity index is 3010. The fraction of sp³-hybridized carbons (Fsp3) is 0.246. The van der Waals surface area contributed by atoms with Crippen molar-refractivity contribution in [2.75, 3.05) is 25.7 Å². The number of phenols is 1. The highest BCUT2D eigenvalue weighted by atomic mass is 16.6. The third-order valence-electron chi connectivity index (χ3n) is 13.6. The van der Waals surface area contributed by atoms with E-state index in [4.69, 9.17) is 14.2 Å². The van der Waals surface area contributed by atoms with E-state index in [1.54, 1.807) is 106 Å². The van der Waals surface area contributed by atoms with Gasteiger partial charge in [0, 0.05) is 17.7 Å². The molecule has 0 unspecified atom stereocenters. The molecule has 2 saturated heterocycles. The van der Waals surface area contributed by atoms with E-state index >= 15 is 19.2 Å². The van der Waals surface area contributed by atoms with Gasteiger partial charge in [-0.05, 0) is 88.3 Å². The number of nitrogens with one attached hydrogen (secondary N) is 2. The number of aromatic hydroxyl groups is 1. The summed E-state index contributed by atoms with van der Waals surface area (Å²) in [6.07, 6.45) is -2.18. The van der Waals surface area contributed by atoms with Gasteiger partial charge in [0.05, 0.1) is 44.0 Å². The number of phenolic OH excluding ortho intramolecular Hbond substituents is 1. The Kier molecular flexibility index (Phi) is 13.5. The van der Waals surface area contributed by atoms with Crippen LogP contribution in [0.25, 0.3) is 0 Å². The van der Waals surface area contributed by atoms with Gasteiger partial charge in [0.15, 0.2) is 0 Å². The van der Waals surface area contributed by atoms with Gasteiger partial charge >= 0.3 is 18.0 Å². The Hall–Kier alpha value is -8.25. The number of amides is 4. The molecule has 6 aromatic carbocycles. The molecule has 1 spiro atoms. The molecule has 8 atom stereocenters. The molecule has 360 valence electrons. The average molecular weight is 953 g/mol. The summed E-state index contributed by atoms with van der Waals surface area (Å²) >= 11 is 0. The molecule has 0 aromatic heterocycles. The van der Waals surface area contributed by atoms with Crippen molar-refractivity contribution in [1.82, 2.24) is 15.5 Å². The van der Waals surface area contributed by atoms with Crippen LogP contribution in [-0.2, 0) is 34.1 Å². The van der Waals surface area contributed by atoms with Gasteiger partial charge in [0.25, 0.3) is 0 Å².